The third-order valence-electron chi connectivity index (χ3n) is 4.27. The van der Waals surface area contributed by atoms with E-state index in [0.29, 0.717) is 18.2 Å². The van der Waals surface area contributed by atoms with Crippen LogP contribution in [0.25, 0.3) is 11.0 Å². The van der Waals surface area contributed by atoms with Gasteiger partial charge in [0.1, 0.15) is 0 Å². The number of methoxy groups -OCH3 is 1. The zero-order valence-electron chi connectivity index (χ0n) is 15.6. The normalized spacial score (nSPS) is 12.3. The number of imidazole rings is 1. The first kappa shape index (κ1) is 21.2. The van der Waals surface area contributed by atoms with Gasteiger partial charge in [0.2, 0.25) is 5.91 Å². The van der Waals surface area contributed by atoms with Crippen molar-refractivity contribution in [2.75, 3.05) is 19.5 Å². The molecule has 0 aliphatic heterocycles. The minimum absolute atomic E-state index is 0.0381. The van der Waals surface area contributed by atoms with Crippen molar-refractivity contribution in [3.63, 3.8) is 0 Å². The number of fused-ring (bicyclic) bond motifs is 1. The van der Waals surface area contributed by atoms with E-state index >= 15 is 0 Å². The smallest absolute Gasteiger partial charge is 0.230 e. The number of aromatic nitrogens is 2. The quantitative estimate of drug-likeness (QED) is 0.456. The van der Waals surface area contributed by atoms with Gasteiger partial charge in [-0.25, -0.2) is 4.98 Å². The van der Waals surface area contributed by atoms with Crippen LogP contribution in [-0.4, -0.2) is 34.9 Å². The molecule has 0 saturated carbocycles. The Hall–Kier alpha value is -1.54. The second-order valence-electron chi connectivity index (χ2n) is 6.30. The van der Waals surface area contributed by atoms with Crippen molar-refractivity contribution in [2.24, 2.45) is 0 Å². The average Bonchev–Trinajstić information content (AvgIpc) is 3.01. The Labute approximate surface area is 181 Å². The van der Waals surface area contributed by atoms with Crippen molar-refractivity contribution in [1.82, 2.24) is 14.9 Å². The predicted octanol–water partition coefficient (Wildman–Crippen LogP) is 5.07. The van der Waals surface area contributed by atoms with Gasteiger partial charge in [-0.2, -0.15) is 0 Å². The lowest BCUT2D eigenvalue weighted by Gasteiger charge is -2.14. The largest absolute Gasteiger partial charge is 0.383 e. The van der Waals surface area contributed by atoms with E-state index in [9.17, 15) is 4.79 Å². The predicted molar refractivity (Wildman–Crippen MR) is 118 cm³/mol. The topological polar surface area (TPSA) is 56.1 Å². The number of hydrogen-bond acceptors (Lipinski definition) is 4. The molecule has 28 heavy (non-hydrogen) atoms. The second kappa shape index (κ2) is 9.78. The number of amides is 1. The van der Waals surface area contributed by atoms with Crippen molar-refractivity contribution >= 4 is 56.2 Å². The summed E-state index contributed by atoms with van der Waals surface area (Å²) in [5, 5.41) is 4.45. The average molecular weight is 483 g/mol. The maximum atomic E-state index is 12.4. The van der Waals surface area contributed by atoms with E-state index in [2.05, 4.69) is 30.8 Å². The second-order valence-corrected chi connectivity index (χ2v) is 8.60. The Kier molecular flexibility index (Phi) is 7.40. The number of nitrogens with zero attached hydrogens (tertiary/aromatic N) is 2. The molecular formula is C20H21BrClN3O2S. The number of carbonyl (C=O) groups is 1. The molecule has 0 saturated heterocycles. The van der Waals surface area contributed by atoms with Gasteiger partial charge in [-0.15, -0.1) is 0 Å². The van der Waals surface area contributed by atoms with Crippen LogP contribution in [0.5, 0.6) is 0 Å². The van der Waals surface area contributed by atoms with Gasteiger partial charge in [-0.1, -0.05) is 51.4 Å². The number of benzene rings is 2. The monoisotopic (exact) mass is 481 g/mol. The fourth-order valence-corrected chi connectivity index (χ4v) is 4.12. The van der Waals surface area contributed by atoms with Crippen molar-refractivity contribution in [1.29, 1.82) is 0 Å². The molecule has 1 heterocycles. The fraction of sp³-hybridized carbons (Fsp3) is 0.300. The van der Waals surface area contributed by atoms with Gasteiger partial charge in [0.15, 0.2) is 5.16 Å². The van der Waals surface area contributed by atoms with E-state index in [4.69, 9.17) is 16.3 Å². The van der Waals surface area contributed by atoms with Crippen LogP contribution in [0, 0.1) is 0 Å². The number of rotatable bonds is 8. The minimum atomic E-state index is -0.0627. The third-order valence-corrected chi connectivity index (χ3v) is 6.01. The van der Waals surface area contributed by atoms with E-state index in [-0.39, 0.29) is 17.7 Å². The lowest BCUT2D eigenvalue weighted by Crippen LogP contribution is -2.28. The molecule has 0 spiro atoms. The van der Waals surface area contributed by atoms with Crippen LogP contribution in [0.2, 0.25) is 5.02 Å². The minimum Gasteiger partial charge on any atom is -0.383 e. The Morgan fingerprint density at radius 2 is 2.07 bits per heavy atom. The number of ether oxygens (including phenoxy) is 1. The Bertz CT molecular complexity index is 962. The van der Waals surface area contributed by atoms with E-state index in [1.165, 1.54) is 11.8 Å². The highest BCUT2D eigenvalue weighted by molar-refractivity contribution is 9.10. The summed E-state index contributed by atoms with van der Waals surface area (Å²) in [6, 6.07) is 13.5. The first-order valence-electron chi connectivity index (χ1n) is 8.80. The molecule has 0 fully saturated rings. The van der Waals surface area contributed by atoms with Crippen LogP contribution in [0.3, 0.4) is 0 Å². The lowest BCUT2D eigenvalue weighted by atomic mass is 10.1. The molecule has 1 unspecified atom stereocenters. The molecule has 0 aliphatic rings. The number of carbonyl (C=O) groups excluding carboxylic acids is 1. The zero-order chi connectivity index (χ0) is 20.1. The van der Waals surface area contributed by atoms with Gasteiger partial charge >= 0.3 is 0 Å². The molecule has 1 aromatic heterocycles. The molecule has 1 amide bonds. The van der Waals surface area contributed by atoms with Crippen LogP contribution in [-0.2, 0) is 16.1 Å². The summed E-state index contributed by atoms with van der Waals surface area (Å²) >= 11 is 10.9. The van der Waals surface area contributed by atoms with Crippen molar-refractivity contribution < 1.29 is 9.53 Å². The van der Waals surface area contributed by atoms with Crippen LogP contribution in [0.1, 0.15) is 18.5 Å². The van der Waals surface area contributed by atoms with Gasteiger partial charge in [0, 0.05) is 23.1 Å². The highest BCUT2D eigenvalue weighted by atomic mass is 79.9. The van der Waals surface area contributed by atoms with E-state index in [1.54, 1.807) is 7.11 Å². The molecule has 1 N–H and O–H groups in total. The summed E-state index contributed by atoms with van der Waals surface area (Å²) in [4.78, 5) is 17.1. The van der Waals surface area contributed by atoms with Crippen molar-refractivity contribution in [3.8, 4) is 0 Å². The first-order valence-corrected chi connectivity index (χ1v) is 11.0. The van der Waals surface area contributed by atoms with Crippen molar-refractivity contribution in [3.05, 3.63) is 57.5 Å². The summed E-state index contributed by atoms with van der Waals surface area (Å²) in [5.41, 5.74) is 2.85. The number of hydrogen-bond donors (Lipinski definition) is 1. The van der Waals surface area contributed by atoms with Crippen LogP contribution < -0.4 is 5.32 Å². The van der Waals surface area contributed by atoms with Crippen molar-refractivity contribution in [2.45, 2.75) is 24.7 Å². The van der Waals surface area contributed by atoms with Gasteiger partial charge in [-0.3, -0.25) is 4.79 Å². The third kappa shape index (κ3) is 5.29. The van der Waals surface area contributed by atoms with Gasteiger partial charge in [0.05, 0.1) is 29.4 Å². The molecule has 5 nitrogen and oxygen atoms in total. The molecule has 0 aliphatic carbocycles. The highest BCUT2D eigenvalue weighted by Gasteiger charge is 2.15. The Morgan fingerprint density at radius 3 is 2.79 bits per heavy atom. The highest BCUT2D eigenvalue weighted by Crippen LogP contribution is 2.26. The number of halogens is 2. The van der Waals surface area contributed by atoms with Gasteiger partial charge in [0.25, 0.3) is 0 Å². The summed E-state index contributed by atoms with van der Waals surface area (Å²) < 4.78 is 8.29. The van der Waals surface area contributed by atoms with Gasteiger partial charge < -0.3 is 14.6 Å². The molecule has 2 aromatic carbocycles. The number of thioether (sulfide) groups is 1. The number of nitrogens with one attached hydrogen (secondary N) is 1. The molecular weight excluding hydrogens is 462 g/mol. The lowest BCUT2D eigenvalue weighted by molar-refractivity contribution is -0.119. The summed E-state index contributed by atoms with van der Waals surface area (Å²) in [7, 11) is 1.67. The molecule has 8 heteroatoms. The fourth-order valence-electron chi connectivity index (χ4n) is 2.84. The van der Waals surface area contributed by atoms with E-state index in [0.717, 1.165) is 26.2 Å². The van der Waals surface area contributed by atoms with Gasteiger partial charge in [-0.05, 0) is 42.8 Å². The summed E-state index contributed by atoms with van der Waals surface area (Å²) in [6.45, 7) is 3.20. The van der Waals surface area contributed by atoms with Crippen LogP contribution in [0.15, 0.2) is 52.1 Å². The maximum Gasteiger partial charge on any atom is 0.230 e. The standard InChI is InChI=1S/C20H21BrClN3O2S/c1-13(14-3-5-15(21)6-4-14)23-19(26)12-28-20-24-17-11-16(22)7-8-18(17)25(20)9-10-27-2/h3-8,11,13H,9-10,12H2,1-2H3,(H,23,26). The van der Waals surface area contributed by atoms with E-state index in [1.807, 2.05) is 49.4 Å². The maximum absolute atomic E-state index is 12.4. The molecule has 0 bridgehead atoms. The Morgan fingerprint density at radius 1 is 1.32 bits per heavy atom. The van der Waals surface area contributed by atoms with E-state index < -0.39 is 0 Å². The summed E-state index contributed by atoms with van der Waals surface area (Å²) in [5.74, 6) is 0.244. The molecule has 3 rings (SSSR count). The molecule has 148 valence electrons. The molecule has 0 radical (unpaired) electrons. The van der Waals surface area contributed by atoms with Crippen LogP contribution >= 0.6 is 39.3 Å². The molecule has 3 aromatic rings. The Balaban J connectivity index is 1.68. The molecule has 1 atom stereocenters. The SMILES string of the molecule is COCCn1c(SCC(=O)NC(C)c2ccc(Br)cc2)nc2cc(Cl)ccc21. The van der Waals surface area contributed by atoms with Crippen LogP contribution in [0.4, 0.5) is 0 Å². The zero-order valence-corrected chi connectivity index (χ0v) is 18.8. The first-order chi connectivity index (χ1) is 13.5. The summed E-state index contributed by atoms with van der Waals surface area (Å²) in [6.07, 6.45) is 0.